The van der Waals surface area contributed by atoms with E-state index in [0.717, 1.165) is 18.6 Å². The van der Waals surface area contributed by atoms with Crippen molar-refractivity contribution in [3.63, 3.8) is 0 Å². The Kier molecular flexibility index (Phi) is 3.67. The smallest absolute Gasteiger partial charge is 0.119 e. The standard InChI is InChI=1S/C15H21ClO/c1-4-17-12-6-5-11-7-8-15(2,3)10-14(16)13(11)9-12/h5-6,9,14H,4,7-8,10H2,1-3H3. The van der Waals surface area contributed by atoms with Gasteiger partial charge in [-0.15, -0.1) is 11.6 Å². The number of fused-ring (bicyclic) bond motifs is 1. The van der Waals surface area contributed by atoms with Gasteiger partial charge in [0, 0.05) is 0 Å². The molecular weight excluding hydrogens is 232 g/mol. The van der Waals surface area contributed by atoms with Crippen LogP contribution in [0.4, 0.5) is 0 Å². The van der Waals surface area contributed by atoms with Crippen molar-refractivity contribution in [3.8, 4) is 5.75 Å². The van der Waals surface area contributed by atoms with Crippen molar-refractivity contribution >= 4 is 11.6 Å². The first kappa shape index (κ1) is 12.8. The number of hydrogen-bond acceptors (Lipinski definition) is 1. The third-order valence-corrected chi connectivity index (χ3v) is 3.96. The topological polar surface area (TPSA) is 9.23 Å². The van der Waals surface area contributed by atoms with Crippen molar-refractivity contribution in [2.75, 3.05) is 6.61 Å². The van der Waals surface area contributed by atoms with Crippen molar-refractivity contribution < 1.29 is 4.74 Å². The van der Waals surface area contributed by atoms with Gasteiger partial charge in [-0.1, -0.05) is 19.9 Å². The summed E-state index contributed by atoms with van der Waals surface area (Å²) >= 11 is 6.55. The van der Waals surface area contributed by atoms with E-state index in [2.05, 4.69) is 32.0 Å². The van der Waals surface area contributed by atoms with E-state index in [-0.39, 0.29) is 5.38 Å². The van der Waals surface area contributed by atoms with Gasteiger partial charge >= 0.3 is 0 Å². The summed E-state index contributed by atoms with van der Waals surface area (Å²) < 4.78 is 5.55. The van der Waals surface area contributed by atoms with Gasteiger partial charge in [0.2, 0.25) is 0 Å². The quantitative estimate of drug-likeness (QED) is 0.546. The highest BCUT2D eigenvalue weighted by molar-refractivity contribution is 6.21. The lowest BCUT2D eigenvalue weighted by molar-refractivity contribution is 0.313. The van der Waals surface area contributed by atoms with Gasteiger partial charge in [-0.2, -0.15) is 0 Å². The van der Waals surface area contributed by atoms with Crippen LogP contribution >= 0.6 is 11.6 Å². The molecule has 1 unspecified atom stereocenters. The lowest BCUT2D eigenvalue weighted by Crippen LogP contribution is -2.11. The molecule has 0 heterocycles. The molecule has 2 rings (SSSR count). The lowest BCUT2D eigenvalue weighted by Gasteiger charge is -2.23. The zero-order chi connectivity index (χ0) is 12.5. The maximum Gasteiger partial charge on any atom is 0.119 e. The highest BCUT2D eigenvalue weighted by atomic mass is 35.5. The maximum absolute atomic E-state index is 6.55. The minimum atomic E-state index is 0.114. The summed E-state index contributed by atoms with van der Waals surface area (Å²) in [7, 11) is 0. The van der Waals surface area contributed by atoms with Gasteiger partial charge < -0.3 is 4.74 Å². The van der Waals surface area contributed by atoms with Crippen LogP contribution in [0.2, 0.25) is 0 Å². The molecule has 0 radical (unpaired) electrons. The molecule has 1 aromatic rings. The van der Waals surface area contributed by atoms with Gasteiger partial charge in [0.1, 0.15) is 5.75 Å². The maximum atomic E-state index is 6.55. The first-order chi connectivity index (χ1) is 8.02. The molecule has 0 saturated carbocycles. The molecule has 0 N–H and O–H groups in total. The molecule has 0 saturated heterocycles. The fourth-order valence-corrected chi connectivity index (χ4v) is 3.14. The molecule has 0 amide bonds. The summed E-state index contributed by atoms with van der Waals surface area (Å²) in [5.41, 5.74) is 2.99. The van der Waals surface area contributed by atoms with Gasteiger partial charge in [-0.05, 0) is 54.9 Å². The van der Waals surface area contributed by atoms with Gasteiger partial charge in [-0.3, -0.25) is 0 Å². The Hall–Kier alpha value is -0.690. The third kappa shape index (κ3) is 2.95. The van der Waals surface area contributed by atoms with Crippen LogP contribution in [0.3, 0.4) is 0 Å². The predicted molar refractivity (Wildman–Crippen MR) is 72.9 cm³/mol. The molecule has 1 atom stereocenters. The average Bonchev–Trinajstić information content (AvgIpc) is 2.37. The van der Waals surface area contributed by atoms with Crippen molar-refractivity contribution in [2.24, 2.45) is 5.41 Å². The van der Waals surface area contributed by atoms with E-state index in [0.29, 0.717) is 12.0 Å². The minimum Gasteiger partial charge on any atom is -0.494 e. The van der Waals surface area contributed by atoms with Crippen LogP contribution in [0, 0.1) is 5.41 Å². The predicted octanol–water partition coefficient (Wildman–Crippen LogP) is 4.73. The average molecular weight is 253 g/mol. The van der Waals surface area contributed by atoms with Crippen molar-refractivity contribution in [1.29, 1.82) is 0 Å². The van der Waals surface area contributed by atoms with Gasteiger partial charge in [-0.25, -0.2) is 0 Å². The van der Waals surface area contributed by atoms with E-state index < -0.39 is 0 Å². The molecule has 1 aliphatic carbocycles. The number of aryl methyl sites for hydroxylation is 1. The summed E-state index contributed by atoms with van der Waals surface area (Å²) in [6, 6.07) is 6.36. The van der Waals surface area contributed by atoms with Gasteiger partial charge in [0.25, 0.3) is 0 Å². The third-order valence-electron chi connectivity index (χ3n) is 3.57. The van der Waals surface area contributed by atoms with Crippen LogP contribution in [0.5, 0.6) is 5.75 Å². The van der Waals surface area contributed by atoms with Crippen LogP contribution < -0.4 is 4.74 Å². The fourth-order valence-electron chi connectivity index (χ4n) is 2.52. The molecule has 0 aromatic heterocycles. The first-order valence-corrected chi connectivity index (χ1v) is 6.85. The van der Waals surface area contributed by atoms with Crippen LogP contribution in [-0.4, -0.2) is 6.61 Å². The Morgan fingerprint density at radius 3 is 2.88 bits per heavy atom. The van der Waals surface area contributed by atoms with E-state index >= 15 is 0 Å². The number of rotatable bonds is 2. The van der Waals surface area contributed by atoms with Gasteiger partial charge in [0.05, 0.1) is 12.0 Å². The summed E-state index contributed by atoms with van der Waals surface area (Å²) in [5, 5.41) is 0.114. The Bertz CT molecular complexity index is 398. The van der Waals surface area contributed by atoms with Crippen molar-refractivity contribution in [1.82, 2.24) is 0 Å². The zero-order valence-corrected chi connectivity index (χ0v) is 11.7. The molecule has 0 aliphatic heterocycles. The summed E-state index contributed by atoms with van der Waals surface area (Å²) in [6.45, 7) is 7.32. The Morgan fingerprint density at radius 1 is 1.41 bits per heavy atom. The molecular formula is C15H21ClO. The zero-order valence-electron chi connectivity index (χ0n) is 10.9. The van der Waals surface area contributed by atoms with E-state index in [4.69, 9.17) is 16.3 Å². The van der Waals surface area contributed by atoms with E-state index in [1.165, 1.54) is 17.5 Å². The molecule has 94 valence electrons. The van der Waals surface area contributed by atoms with Crippen LogP contribution in [0.15, 0.2) is 18.2 Å². The normalized spacial score (nSPS) is 22.7. The number of halogens is 1. The Balaban J connectivity index is 2.32. The molecule has 0 fully saturated rings. The number of hydrogen-bond donors (Lipinski definition) is 0. The highest BCUT2D eigenvalue weighted by Gasteiger charge is 2.28. The van der Waals surface area contributed by atoms with Crippen LogP contribution in [0.1, 0.15) is 50.1 Å². The van der Waals surface area contributed by atoms with E-state index in [1.54, 1.807) is 0 Å². The molecule has 1 aromatic carbocycles. The molecule has 17 heavy (non-hydrogen) atoms. The van der Waals surface area contributed by atoms with E-state index in [9.17, 15) is 0 Å². The van der Waals surface area contributed by atoms with Gasteiger partial charge in [0.15, 0.2) is 0 Å². The number of alkyl halides is 1. The minimum absolute atomic E-state index is 0.114. The summed E-state index contributed by atoms with van der Waals surface area (Å²) in [6.07, 6.45) is 3.37. The second-order valence-corrected chi connectivity index (χ2v) is 6.16. The van der Waals surface area contributed by atoms with Crippen LogP contribution in [0.25, 0.3) is 0 Å². The van der Waals surface area contributed by atoms with Crippen molar-refractivity contribution in [2.45, 2.75) is 45.4 Å². The monoisotopic (exact) mass is 252 g/mol. The van der Waals surface area contributed by atoms with Crippen molar-refractivity contribution in [3.05, 3.63) is 29.3 Å². The fraction of sp³-hybridized carbons (Fsp3) is 0.600. The molecule has 1 aliphatic rings. The Labute approximate surface area is 109 Å². The summed E-state index contributed by atoms with van der Waals surface area (Å²) in [4.78, 5) is 0. The number of benzene rings is 1. The number of ether oxygens (including phenoxy) is 1. The second-order valence-electron chi connectivity index (χ2n) is 5.63. The molecule has 2 heteroatoms. The van der Waals surface area contributed by atoms with E-state index in [1.807, 2.05) is 6.92 Å². The molecule has 1 nitrogen and oxygen atoms in total. The lowest BCUT2D eigenvalue weighted by atomic mass is 9.84. The Morgan fingerprint density at radius 2 is 2.18 bits per heavy atom. The largest absolute Gasteiger partial charge is 0.494 e. The molecule has 0 bridgehead atoms. The van der Waals surface area contributed by atoms with Crippen LogP contribution in [-0.2, 0) is 6.42 Å². The highest BCUT2D eigenvalue weighted by Crippen LogP contribution is 2.43. The second kappa shape index (κ2) is 4.89. The summed E-state index contributed by atoms with van der Waals surface area (Å²) in [5.74, 6) is 0.941. The first-order valence-electron chi connectivity index (χ1n) is 6.41. The SMILES string of the molecule is CCOc1ccc2c(c1)C(Cl)CC(C)(C)CC2. The molecule has 0 spiro atoms.